The molecule has 0 fully saturated rings. The van der Waals surface area contributed by atoms with E-state index in [9.17, 15) is 13.2 Å². The maximum absolute atomic E-state index is 12.4. The van der Waals surface area contributed by atoms with Gasteiger partial charge in [-0.1, -0.05) is 18.2 Å². The summed E-state index contributed by atoms with van der Waals surface area (Å²) in [6.45, 7) is 1.89. The van der Waals surface area contributed by atoms with Gasteiger partial charge in [0.25, 0.3) is 15.9 Å². The fourth-order valence-corrected chi connectivity index (χ4v) is 3.91. The molecule has 3 aromatic rings. The van der Waals surface area contributed by atoms with Gasteiger partial charge in [0, 0.05) is 11.4 Å². The van der Waals surface area contributed by atoms with Crippen LogP contribution in [0.2, 0.25) is 0 Å². The first-order valence-electron chi connectivity index (χ1n) is 7.48. The van der Waals surface area contributed by atoms with Gasteiger partial charge >= 0.3 is 0 Å². The molecule has 0 aliphatic rings. The van der Waals surface area contributed by atoms with Crippen LogP contribution in [-0.4, -0.2) is 14.3 Å². The fraction of sp³-hybridized carbons (Fsp3) is 0.0556. The van der Waals surface area contributed by atoms with Crippen LogP contribution in [0, 0.1) is 6.92 Å². The molecule has 1 aromatic heterocycles. The van der Waals surface area contributed by atoms with E-state index in [-0.39, 0.29) is 10.8 Å². The number of rotatable bonds is 5. The Kier molecular flexibility index (Phi) is 4.87. The molecule has 0 aliphatic heterocycles. The Balaban J connectivity index is 1.73. The zero-order valence-corrected chi connectivity index (χ0v) is 15.0. The third-order valence-electron chi connectivity index (χ3n) is 3.44. The van der Waals surface area contributed by atoms with Gasteiger partial charge in [0.15, 0.2) is 0 Å². The molecule has 0 radical (unpaired) electrons. The molecule has 5 nitrogen and oxygen atoms in total. The lowest BCUT2D eigenvalue weighted by Gasteiger charge is -2.10. The third-order valence-corrected chi connectivity index (χ3v) is 5.70. The highest BCUT2D eigenvalue weighted by molar-refractivity contribution is 7.92. The molecular weight excluding hydrogens is 356 g/mol. The largest absolute Gasteiger partial charge is 0.321 e. The predicted molar refractivity (Wildman–Crippen MR) is 101 cm³/mol. The van der Waals surface area contributed by atoms with Crippen molar-refractivity contribution in [3.63, 3.8) is 0 Å². The molecule has 25 heavy (non-hydrogen) atoms. The first-order valence-corrected chi connectivity index (χ1v) is 9.85. The SMILES string of the molecule is Cc1cccc(NS(=O)(=O)c2ccc(NC(=O)c3cccs3)cc2)c1. The smallest absolute Gasteiger partial charge is 0.265 e. The van der Waals surface area contributed by atoms with Gasteiger partial charge in [-0.25, -0.2) is 8.42 Å². The second-order valence-corrected chi connectivity index (χ2v) is 8.06. The van der Waals surface area contributed by atoms with Crippen molar-refractivity contribution < 1.29 is 13.2 Å². The highest BCUT2D eigenvalue weighted by atomic mass is 32.2. The molecule has 2 N–H and O–H groups in total. The first-order chi connectivity index (χ1) is 11.9. The Morgan fingerprint density at radius 3 is 2.36 bits per heavy atom. The van der Waals surface area contributed by atoms with Crippen LogP contribution in [0.5, 0.6) is 0 Å². The molecular formula is C18H16N2O3S2. The normalized spacial score (nSPS) is 11.1. The highest BCUT2D eigenvalue weighted by Gasteiger charge is 2.14. The van der Waals surface area contributed by atoms with Gasteiger partial charge in [-0.05, 0) is 60.3 Å². The van der Waals surface area contributed by atoms with Gasteiger partial charge in [0.2, 0.25) is 0 Å². The molecule has 0 aliphatic carbocycles. The number of hydrogen-bond acceptors (Lipinski definition) is 4. The van der Waals surface area contributed by atoms with E-state index in [0.29, 0.717) is 16.3 Å². The average Bonchev–Trinajstić information content (AvgIpc) is 3.09. The minimum absolute atomic E-state index is 0.128. The van der Waals surface area contributed by atoms with Crippen LogP contribution in [0.15, 0.2) is 70.9 Å². The predicted octanol–water partition coefficient (Wildman–Crippen LogP) is 4.11. The lowest BCUT2D eigenvalue weighted by molar-refractivity contribution is 0.103. The number of aryl methyl sites for hydroxylation is 1. The number of amides is 1. The quantitative estimate of drug-likeness (QED) is 0.708. The zero-order chi connectivity index (χ0) is 17.9. The van der Waals surface area contributed by atoms with Gasteiger partial charge in [-0.15, -0.1) is 11.3 Å². The lowest BCUT2D eigenvalue weighted by Crippen LogP contribution is -2.13. The van der Waals surface area contributed by atoms with Crippen molar-refractivity contribution in [2.45, 2.75) is 11.8 Å². The standard InChI is InChI=1S/C18H16N2O3S2/c1-13-4-2-5-15(12-13)20-25(22,23)16-9-7-14(8-10-16)19-18(21)17-6-3-11-24-17/h2-12,20H,1H3,(H,19,21). The Labute approximate surface area is 150 Å². The molecule has 0 spiro atoms. The van der Waals surface area contributed by atoms with Crippen molar-refractivity contribution in [3.05, 3.63) is 76.5 Å². The molecule has 0 saturated heterocycles. The third kappa shape index (κ3) is 4.26. The van der Waals surface area contributed by atoms with Gasteiger partial charge in [-0.2, -0.15) is 0 Å². The molecule has 1 amide bonds. The molecule has 3 rings (SSSR count). The van der Waals surface area contributed by atoms with E-state index in [4.69, 9.17) is 0 Å². The first kappa shape index (κ1) is 17.2. The van der Waals surface area contributed by atoms with Crippen LogP contribution in [-0.2, 0) is 10.0 Å². The molecule has 0 saturated carbocycles. The van der Waals surface area contributed by atoms with Crippen LogP contribution in [0.4, 0.5) is 11.4 Å². The van der Waals surface area contributed by atoms with E-state index < -0.39 is 10.0 Å². The van der Waals surface area contributed by atoms with Crippen LogP contribution >= 0.6 is 11.3 Å². The van der Waals surface area contributed by atoms with Crippen molar-refractivity contribution in [2.75, 3.05) is 10.0 Å². The summed E-state index contributed by atoms with van der Waals surface area (Å²) < 4.78 is 27.4. The van der Waals surface area contributed by atoms with Crippen molar-refractivity contribution in [1.29, 1.82) is 0 Å². The number of sulfonamides is 1. The monoisotopic (exact) mass is 372 g/mol. The maximum Gasteiger partial charge on any atom is 0.265 e. The van der Waals surface area contributed by atoms with E-state index in [0.717, 1.165) is 5.56 Å². The van der Waals surface area contributed by atoms with E-state index in [1.807, 2.05) is 18.4 Å². The van der Waals surface area contributed by atoms with Crippen molar-refractivity contribution in [3.8, 4) is 0 Å². The number of thiophene rings is 1. The van der Waals surface area contributed by atoms with Gasteiger partial charge in [0.05, 0.1) is 9.77 Å². The summed E-state index contributed by atoms with van der Waals surface area (Å²) in [5.74, 6) is -0.219. The highest BCUT2D eigenvalue weighted by Crippen LogP contribution is 2.20. The summed E-state index contributed by atoms with van der Waals surface area (Å²) in [6, 6.07) is 16.7. The van der Waals surface area contributed by atoms with E-state index >= 15 is 0 Å². The molecule has 0 atom stereocenters. The van der Waals surface area contributed by atoms with Crippen molar-refractivity contribution >= 4 is 38.6 Å². The number of benzene rings is 2. The number of carbonyl (C=O) groups excluding carboxylic acids is 1. The maximum atomic E-state index is 12.4. The molecule has 128 valence electrons. The Hall–Kier alpha value is -2.64. The molecule has 2 aromatic carbocycles. The van der Waals surface area contributed by atoms with Crippen LogP contribution in [0.3, 0.4) is 0 Å². The van der Waals surface area contributed by atoms with Crippen LogP contribution < -0.4 is 10.0 Å². The van der Waals surface area contributed by atoms with E-state index in [1.165, 1.54) is 23.5 Å². The van der Waals surface area contributed by atoms with Gasteiger partial charge < -0.3 is 5.32 Å². The number of anilines is 2. The van der Waals surface area contributed by atoms with Gasteiger partial charge in [-0.3, -0.25) is 9.52 Å². The fourth-order valence-electron chi connectivity index (χ4n) is 2.24. The molecule has 7 heteroatoms. The summed E-state index contributed by atoms with van der Waals surface area (Å²) in [4.78, 5) is 12.7. The minimum atomic E-state index is -3.68. The summed E-state index contributed by atoms with van der Waals surface area (Å²) >= 11 is 1.34. The van der Waals surface area contributed by atoms with E-state index in [2.05, 4.69) is 10.0 Å². The van der Waals surface area contributed by atoms with Crippen molar-refractivity contribution in [1.82, 2.24) is 0 Å². The van der Waals surface area contributed by atoms with E-state index in [1.54, 1.807) is 42.5 Å². The zero-order valence-electron chi connectivity index (χ0n) is 13.4. The molecule has 1 heterocycles. The van der Waals surface area contributed by atoms with Gasteiger partial charge in [0.1, 0.15) is 0 Å². The Bertz CT molecular complexity index is 979. The Morgan fingerprint density at radius 2 is 1.72 bits per heavy atom. The Morgan fingerprint density at radius 1 is 0.960 bits per heavy atom. The topological polar surface area (TPSA) is 75.3 Å². The second kappa shape index (κ2) is 7.08. The number of nitrogens with one attached hydrogen (secondary N) is 2. The number of hydrogen-bond donors (Lipinski definition) is 2. The minimum Gasteiger partial charge on any atom is -0.321 e. The molecule has 0 unspecified atom stereocenters. The summed E-state index contributed by atoms with van der Waals surface area (Å²) in [5, 5.41) is 4.56. The van der Waals surface area contributed by atoms with Crippen LogP contribution in [0.25, 0.3) is 0 Å². The van der Waals surface area contributed by atoms with Crippen LogP contribution in [0.1, 0.15) is 15.2 Å². The summed E-state index contributed by atoms with van der Waals surface area (Å²) in [6.07, 6.45) is 0. The number of carbonyl (C=O) groups is 1. The molecule has 0 bridgehead atoms. The second-order valence-electron chi connectivity index (χ2n) is 5.43. The average molecular weight is 372 g/mol. The lowest BCUT2D eigenvalue weighted by atomic mass is 10.2. The summed E-state index contributed by atoms with van der Waals surface area (Å²) in [5.41, 5.74) is 2.01. The van der Waals surface area contributed by atoms with Crippen molar-refractivity contribution in [2.24, 2.45) is 0 Å². The summed E-state index contributed by atoms with van der Waals surface area (Å²) in [7, 11) is -3.68.